The maximum Gasteiger partial charge on any atom is 0.251 e. The fourth-order valence-electron chi connectivity index (χ4n) is 4.12. The summed E-state index contributed by atoms with van der Waals surface area (Å²) in [6.45, 7) is 8.17. The number of carbonyl (C=O) groups is 1. The SMILES string of the molecule is CC1(C)CC(NC(=O)c2ccc(Oc3cccc(CC#N)c3)c(Cl)c2)CC(C)(C)O1. The number of rotatable bonds is 5. The van der Waals surface area contributed by atoms with Gasteiger partial charge < -0.3 is 14.8 Å². The quantitative estimate of drug-likeness (QED) is 0.669. The number of hydrogen-bond donors (Lipinski definition) is 1. The largest absolute Gasteiger partial charge is 0.456 e. The van der Waals surface area contributed by atoms with Crippen LogP contribution in [-0.2, 0) is 11.2 Å². The van der Waals surface area contributed by atoms with Crippen LogP contribution < -0.4 is 10.1 Å². The highest BCUT2D eigenvalue weighted by molar-refractivity contribution is 6.32. The van der Waals surface area contributed by atoms with Gasteiger partial charge in [0, 0.05) is 11.6 Å². The zero-order chi connectivity index (χ0) is 21.9. The van der Waals surface area contributed by atoms with Gasteiger partial charge in [0.25, 0.3) is 5.91 Å². The maximum absolute atomic E-state index is 12.8. The van der Waals surface area contributed by atoms with Gasteiger partial charge in [-0.2, -0.15) is 5.26 Å². The lowest BCUT2D eigenvalue weighted by Crippen LogP contribution is -2.52. The molecule has 1 fully saturated rings. The van der Waals surface area contributed by atoms with Gasteiger partial charge in [0.1, 0.15) is 11.5 Å². The van der Waals surface area contributed by atoms with Crippen molar-refractivity contribution in [3.05, 3.63) is 58.6 Å². The summed E-state index contributed by atoms with van der Waals surface area (Å²) in [6.07, 6.45) is 1.80. The molecule has 0 saturated carbocycles. The van der Waals surface area contributed by atoms with Gasteiger partial charge in [0.05, 0.1) is 28.7 Å². The summed E-state index contributed by atoms with van der Waals surface area (Å²) in [6, 6.07) is 14.4. The zero-order valence-electron chi connectivity index (χ0n) is 17.8. The van der Waals surface area contributed by atoms with E-state index in [0.717, 1.165) is 18.4 Å². The monoisotopic (exact) mass is 426 g/mol. The molecule has 158 valence electrons. The first-order chi connectivity index (χ1) is 14.1. The summed E-state index contributed by atoms with van der Waals surface area (Å²) in [4.78, 5) is 12.8. The molecule has 1 saturated heterocycles. The van der Waals surface area contributed by atoms with Gasteiger partial charge in [-0.1, -0.05) is 23.7 Å². The molecule has 3 rings (SSSR count). The third-order valence-electron chi connectivity index (χ3n) is 4.97. The molecule has 1 amide bonds. The van der Waals surface area contributed by atoms with E-state index in [-0.39, 0.29) is 23.2 Å². The Balaban J connectivity index is 1.69. The lowest BCUT2D eigenvalue weighted by Gasteiger charge is -2.45. The van der Waals surface area contributed by atoms with Gasteiger partial charge >= 0.3 is 0 Å². The molecule has 1 N–H and O–H groups in total. The first kappa shape index (κ1) is 22.1. The van der Waals surface area contributed by atoms with E-state index in [1.54, 1.807) is 30.3 Å². The van der Waals surface area contributed by atoms with Crippen LogP contribution in [0, 0.1) is 11.3 Å². The highest BCUT2D eigenvalue weighted by atomic mass is 35.5. The summed E-state index contributed by atoms with van der Waals surface area (Å²) in [5.74, 6) is 0.877. The molecule has 2 aromatic carbocycles. The van der Waals surface area contributed by atoms with E-state index in [1.165, 1.54) is 0 Å². The van der Waals surface area contributed by atoms with Crippen molar-refractivity contribution in [2.75, 3.05) is 0 Å². The van der Waals surface area contributed by atoms with Gasteiger partial charge in [0.15, 0.2) is 0 Å². The molecular formula is C24H27ClN2O3. The van der Waals surface area contributed by atoms with Crippen molar-refractivity contribution in [3.63, 3.8) is 0 Å². The Morgan fingerprint density at radius 1 is 1.20 bits per heavy atom. The van der Waals surface area contributed by atoms with E-state index in [1.807, 2.05) is 39.8 Å². The maximum atomic E-state index is 12.8. The normalized spacial score (nSPS) is 17.7. The number of carbonyl (C=O) groups excluding carboxylic acids is 1. The molecule has 0 unspecified atom stereocenters. The van der Waals surface area contributed by atoms with Crippen molar-refractivity contribution >= 4 is 17.5 Å². The van der Waals surface area contributed by atoms with Crippen LogP contribution in [0.3, 0.4) is 0 Å². The molecule has 1 aliphatic heterocycles. The van der Waals surface area contributed by atoms with Crippen molar-refractivity contribution in [2.24, 2.45) is 0 Å². The predicted molar refractivity (Wildman–Crippen MR) is 117 cm³/mol. The Kier molecular flexibility index (Phi) is 6.40. The minimum atomic E-state index is -0.297. The minimum absolute atomic E-state index is 0.0221. The van der Waals surface area contributed by atoms with E-state index in [0.29, 0.717) is 28.5 Å². The Morgan fingerprint density at radius 3 is 2.53 bits per heavy atom. The number of nitriles is 1. The highest BCUT2D eigenvalue weighted by Crippen LogP contribution is 2.35. The summed E-state index contributed by atoms with van der Waals surface area (Å²) in [7, 11) is 0. The Bertz CT molecular complexity index is 963. The van der Waals surface area contributed by atoms with Crippen LogP contribution in [0.5, 0.6) is 11.5 Å². The number of ether oxygens (including phenoxy) is 2. The first-order valence-corrected chi connectivity index (χ1v) is 10.4. The summed E-state index contributed by atoms with van der Waals surface area (Å²) in [5.41, 5.74) is 0.752. The molecule has 0 aromatic heterocycles. The average molecular weight is 427 g/mol. The lowest BCUT2D eigenvalue weighted by atomic mass is 9.85. The number of nitrogens with zero attached hydrogens (tertiary/aromatic N) is 1. The van der Waals surface area contributed by atoms with Gasteiger partial charge in [-0.15, -0.1) is 0 Å². The molecule has 0 aliphatic carbocycles. The van der Waals surface area contributed by atoms with Gasteiger partial charge in [0.2, 0.25) is 0 Å². The number of amides is 1. The molecular weight excluding hydrogens is 400 g/mol. The third kappa shape index (κ3) is 5.75. The van der Waals surface area contributed by atoms with E-state index in [2.05, 4.69) is 11.4 Å². The van der Waals surface area contributed by atoms with E-state index < -0.39 is 0 Å². The molecule has 1 heterocycles. The van der Waals surface area contributed by atoms with Crippen molar-refractivity contribution in [1.82, 2.24) is 5.32 Å². The summed E-state index contributed by atoms with van der Waals surface area (Å²) >= 11 is 6.38. The van der Waals surface area contributed by atoms with Crippen molar-refractivity contribution in [2.45, 2.75) is 64.2 Å². The molecule has 5 nitrogen and oxygen atoms in total. The zero-order valence-corrected chi connectivity index (χ0v) is 18.5. The van der Waals surface area contributed by atoms with Gasteiger partial charge in [-0.05, 0) is 76.4 Å². The van der Waals surface area contributed by atoms with Crippen LogP contribution in [0.1, 0.15) is 56.5 Å². The second kappa shape index (κ2) is 8.67. The van der Waals surface area contributed by atoms with E-state index in [9.17, 15) is 4.79 Å². The lowest BCUT2D eigenvalue weighted by molar-refractivity contribution is -0.162. The number of hydrogen-bond acceptors (Lipinski definition) is 4. The number of benzene rings is 2. The fourth-order valence-corrected chi connectivity index (χ4v) is 4.34. The first-order valence-electron chi connectivity index (χ1n) is 10.0. The molecule has 2 aromatic rings. The molecule has 0 atom stereocenters. The Hall–Kier alpha value is -2.55. The average Bonchev–Trinajstić information content (AvgIpc) is 2.61. The standard InChI is InChI=1S/C24H27ClN2O3/c1-23(2)14-18(15-24(3,4)30-23)27-22(28)17-8-9-21(20(25)13-17)29-19-7-5-6-16(12-19)10-11-26/h5-9,12-13,18H,10,14-15H2,1-4H3,(H,27,28). The minimum Gasteiger partial charge on any atom is -0.456 e. The molecule has 0 radical (unpaired) electrons. The van der Waals surface area contributed by atoms with Crippen molar-refractivity contribution < 1.29 is 14.3 Å². The molecule has 0 spiro atoms. The van der Waals surface area contributed by atoms with Crippen LogP contribution in [0.15, 0.2) is 42.5 Å². The fraction of sp³-hybridized carbons (Fsp3) is 0.417. The number of halogens is 1. The Labute approximate surface area is 182 Å². The smallest absolute Gasteiger partial charge is 0.251 e. The molecule has 0 bridgehead atoms. The van der Waals surface area contributed by atoms with Crippen LogP contribution in [0.4, 0.5) is 0 Å². The van der Waals surface area contributed by atoms with Crippen LogP contribution in [0.25, 0.3) is 0 Å². The Morgan fingerprint density at radius 2 is 1.90 bits per heavy atom. The predicted octanol–water partition coefficient (Wildman–Crippen LogP) is 5.66. The molecule has 30 heavy (non-hydrogen) atoms. The summed E-state index contributed by atoms with van der Waals surface area (Å²) in [5, 5.41) is 12.3. The van der Waals surface area contributed by atoms with Crippen molar-refractivity contribution in [1.29, 1.82) is 5.26 Å². The van der Waals surface area contributed by atoms with Gasteiger partial charge in [-0.3, -0.25) is 4.79 Å². The van der Waals surface area contributed by atoms with Crippen LogP contribution >= 0.6 is 11.6 Å². The van der Waals surface area contributed by atoms with Crippen LogP contribution in [0.2, 0.25) is 5.02 Å². The highest BCUT2D eigenvalue weighted by Gasteiger charge is 2.39. The molecule has 6 heteroatoms. The molecule has 1 aliphatic rings. The van der Waals surface area contributed by atoms with Crippen molar-refractivity contribution in [3.8, 4) is 17.6 Å². The second-order valence-corrected chi connectivity index (χ2v) is 9.34. The van der Waals surface area contributed by atoms with E-state index in [4.69, 9.17) is 26.3 Å². The van der Waals surface area contributed by atoms with Crippen LogP contribution in [-0.4, -0.2) is 23.2 Å². The summed E-state index contributed by atoms with van der Waals surface area (Å²) < 4.78 is 11.9. The van der Waals surface area contributed by atoms with E-state index >= 15 is 0 Å². The third-order valence-corrected chi connectivity index (χ3v) is 5.26. The number of nitrogens with one attached hydrogen (secondary N) is 1. The topological polar surface area (TPSA) is 71.3 Å². The second-order valence-electron chi connectivity index (χ2n) is 8.93. The van der Waals surface area contributed by atoms with Gasteiger partial charge in [-0.25, -0.2) is 0 Å².